The molecule has 0 spiro atoms. The number of rotatable bonds is 1. The van der Waals surface area contributed by atoms with E-state index in [1.54, 1.807) is 27.0 Å². The van der Waals surface area contributed by atoms with Crippen LogP contribution < -0.4 is 4.90 Å². The van der Waals surface area contributed by atoms with Gasteiger partial charge >= 0.3 is 6.03 Å². The van der Waals surface area contributed by atoms with Crippen LogP contribution in [0.3, 0.4) is 0 Å². The molecule has 0 aromatic heterocycles. The van der Waals surface area contributed by atoms with E-state index in [2.05, 4.69) is 0 Å². The van der Waals surface area contributed by atoms with Gasteiger partial charge in [0.2, 0.25) is 0 Å². The summed E-state index contributed by atoms with van der Waals surface area (Å²) < 4.78 is 0. The monoisotopic (exact) mass is 280 g/mol. The van der Waals surface area contributed by atoms with E-state index in [1.165, 1.54) is 9.80 Å². The van der Waals surface area contributed by atoms with Crippen LogP contribution in [0, 0.1) is 13.8 Å². The molecule has 0 aliphatic carbocycles. The van der Waals surface area contributed by atoms with Crippen molar-refractivity contribution in [1.29, 1.82) is 0 Å². The van der Waals surface area contributed by atoms with Crippen molar-refractivity contribution in [3.05, 3.63) is 28.3 Å². The topological polar surface area (TPSA) is 40.6 Å². The van der Waals surface area contributed by atoms with Crippen LogP contribution in [0.25, 0.3) is 0 Å². The number of hydrogen-bond donors (Lipinski definition) is 0. The van der Waals surface area contributed by atoms with E-state index in [1.807, 2.05) is 19.9 Å². The maximum absolute atomic E-state index is 12.4. The summed E-state index contributed by atoms with van der Waals surface area (Å²) >= 11 is 6.10. The smallest absolute Gasteiger partial charge is 0.313 e. The highest BCUT2D eigenvalue weighted by Crippen LogP contribution is 2.34. The van der Waals surface area contributed by atoms with Gasteiger partial charge in [0.05, 0.1) is 5.69 Å². The molecular weight excluding hydrogens is 264 g/mol. The van der Waals surface area contributed by atoms with Crippen LogP contribution in [0.2, 0.25) is 5.02 Å². The quantitative estimate of drug-likeness (QED) is 0.742. The van der Waals surface area contributed by atoms with Crippen molar-refractivity contribution in [2.24, 2.45) is 0 Å². The molecule has 1 aliphatic heterocycles. The number of hydrogen-bond acceptors (Lipinski definition) is 2. The Labute approximate surface area is 117 Å². The molecule has 1 heterocycles. The van der Waals surface area contributed by atoms with Crippen LogP contribution in [0.1, 0.15) is 25.0 Å². The van der Waals surface area contributed by atoms with E-state index in [4.69, 9.17) is 11.6 Å². The third-order valence-corrected chi connectivity index (χ3v) is 4.17. The van der Waals surface area contributed by atoms with Crippen LogP contribution in [0.4, 0.5) is 10.5 Å². The summed E-state index contributed by atoms with van der Waals surface area (Å²) in [5.41, 5.74) is 1.51. The third kappa shape index (κ3) is 1.91. The maximum Gasteiger partial charge on any atom is 0.332 e. The highest BCUT2D eigenvalue weighted by Gasteiger charge is 2.50. The first-order valence-corrected chi connectivity index (χ1v) is 6.45. The summed E-state index contributed by atoms with van der Waals surface area (Å²) in [6.45, 7) is 7.23. The first kappa shape index (κ1) is 13.9. The Morgan fingerprint density at radius 2 is 1.68 bits per heavy atom. The molecule has 1 aromatic carbocycles. The zero-order valence-electron chi connectivity index (χ0n) is 11.7. The fraction of sp³-hybridized carbons (Fsp3) is 0.429. The van der Waals surface area contributed by atoms with Gasteiger partial charge in [0.25, 0.3) is 5.91 Å². The molecule has 4 nitrogen and oxygen atoms in total. The second kappa shape index (κ2) is 4.23. The van der Waals surface area contributed by atoms with E-state index < -0.39 is 5.54 Å². The van der Waals surface area contributed by atoms with Gasteiger partial charge in [-0.25, -0.2) is 9.69 Å². The lowest BCUT2D eigenvalue weighted by Crippen LogP contribution is -2.41. The zero-order valence-corrected chi connectivity index (χ0v) is 12.5. The molecule has 1 aliphatic rings. The van der Waals surface area contributed by atoms with Gasteiger partial charge in [-0.3, -0.25) is 4.79 Å². The van der Waals surface area contributed by atoms with Gasteiger partial charge in [0.1, 0.15) is 5.54 Å². The number of likely N-dealkylation sites (N-methyl/N-ethyl adjacent to an activating group) is 1. The summed E-state index contributed by atoms with van der Waals surface area (Å²) in [6, 6.07) is 3.24. The molecule has 0 N–H and O–H groups in total. The summed E-state index contributed by atoms with van der Waals surface area (Å²) in [6.07, 6.45) is 0. The maximum atomic E-state index is 12.4. The van der Waals surface area contributed by atoms with Gasteiger partial charge in [-0.1, -0.05) is 17.7 Å². The molecule has 1 saturated heterocycles. The van der Waals surface area contributed by atoms with Crippen molar-refractivity contribution < 1.29 is 9.59 Å². The lowest BCUT2D eigenvalue weighted by molar-refractivity contribution is -0.123. The molecule has 2 rings (SSSR count). The second-order valence-electron chi connectivity index (χ2n) is 5.43. The molecule has 19 heavy (non-hydrogen) atoms. The fourth-order valence-electron chi connectivity index (χ4n) is 2.16. The number of halogens is 1. The number of benzene rings is 1. The Hall–Kier alpha value is -1.55. The van der Waals surface area contributed by atoms with Crippen LogP contribution in [-0.4, -0.2) is 29.4 Å². The number of carbonyl (C=O) groups excluding carboxylic acids is 2. The number of imide groups is 1. The third-order valence-electron chi connectivity index (χ3n) is 3.76. The van der Waals surface area contributed by atoms with Crippen LogP contribution >= 0.6 is 11.6 Å². The Balaban J connectivity index is 2.57. The van der Waals surface area contributed by atoms with Crippen LogP contribution in [0.15, 0.2) is 12.1 Å². The minimum absolute atomic E-state index is 0.233. The predicted octanol–water partition coefficient (Wildman–Crippen LogP) is 3.13. The van der Waals surface area contributed by atoms with Crippen molar-refractivity contribution in [1.82, 2.24) is 4.90 Å². The zero-order chi connectivity index (χ0) is 14.5. The second-order valence-corrected chi connectivity index (χ2v) is 5.84. The minimum atomic E-state index is -0.832. The van der Waals surface area contributed by atoms with Gasteiger partial charge in [-0.15, -0.1) is 0 Å². The molecule has 0 atom stereocenters. The van der Waals surface area contributed by atoms with Crippen LogP contribution in [0.5, 0.6) is 0 Å². The summed E-state index contributed by atoms with van der Waals surface area (Å²) in [5.74, 6) is -0.233. The SMILES string of the molecule is Cc1cc(C)c(N2C(=O)N(C)C(C)(C)C2=O)cc1Cl. The van der Waals surface area contributed by atoms with Crippen molar-refractivity contribution >= 4 is 29.2 Å². The molecule has 0 bridgehead atoms. The molecule has 3 amide bonds. The largest absolute Gasteiger partial charge is 0.332 e. The molecule has 0 unspecified atom stereocenters. The predicted molar refractivity (Wildman–Crippen MR) is 75.7 cm³/mol. The highest BCUT2D eigenvalue weighted by molar-refractivity contribution is 6.32. The van der Waals surface area contributed by atoms with E-state index in [-0.39, 0.29) is 11.9 Å². The van der Waals surface area contributed by atoms with E-state index in [9.17, 15) is 9.59 Å². The molecule has 1 fully saturated rings. The normalized spacial score (nSPS) is 18.4. The van der Waals surface area contributed by atoms with Gasteiger partial charge in [-0.05, 0) is 44.9 Å². The van der Waals surface area contributed by atoms with Crippen molar-refractivity contribution in [3.8, 4) is 0 Å². The fourth-order valence-corrected chi connectivity index (χ4v) is 2.32. The molecule has 1 aromatic rings. The molecule has 0 radical (unpaired) electrons. The van der Waals surface area contributed by atoms with E-state index >= 15 is 0 Å². The first-order chi connectivity index (χ1) is 8.67. The molecule has 5 heteroatoms. The number of anilines is 1. The Morgan fingerprint density at radius 3 is 2.16 bits per heavy atom. The van der Waals surface area contributed by atoms with Gasteiger partial charge in [0, 0.05) is 12.1 Å². The number of carbonyl (C=O) groups is 2. The van der Waals surface area contributed by atoms with Crippen molar-refractivity contribution in [2.75, 3.05) is 11.9 Å². The van der Waals surface area contributed by atoms with Crippen molar-refractivity contribution in [2.45, 2.75) is 33.2 Å². The van der Waals surface area contributed by atoms with Crippen molar-refractivity contribution in [3.63, 3.8) is 0 Å². The van der Waals surface area contributed by atoms with Gasteiger partial charge in [-0.2, -0.15) is 0 Å². The van der Waals surface area contributed by atoms with E-state index in [0.29, 0.717) is 10.7 Å². The Morgan fingerprint density at radius 1 is 1.11 bits per heavy atom. The standard InChI is InChI=1S/C14H17ClN2O2/c1-8-6-9(2)11(7-10(8)15)17-12(18)14(3,4)16(5)13(17)19/h6-7H,1-5H3. The van der Waals surface area contributed by atoms with Crippen LogP contribution in [-0.2, 0) is 4.79 Å². The lowest BCUT2D eigenvalue weighted by Gasteiger charge is -2.22. The van der Waals surface area contributed by atoms with Gasteiger partial charge in [0.15, 0.2) is 0 Å². The minimum Gasteiger partial charge on any atom is -0.313 e. The Kier molecular flexibility index (Phi) is 3.09. The summed E-state index contributed by atoms with van der Waals surface area (Å²) in [7, 11) is 1.63. The summed E-state index contributed by atoms with van der Waals surface area (Å²) in [5, 5.41) is 0.550. The number of aryl methyl sites for hydroxylation is 2. The molecule has 0 saturated carbocycles. The molecular formula is C14H17ClN2O2. The Bertz CT molecular complexity index is 581. The average Bonchev–Trinajstić information content (AvgIpc) is 2.47. The number of urea groups is 1. The summed E-state index contributed by atoms with van der Waals surface area (Å²) in [4.78, 5) is 27.3. The highest BCUT2D eigenvalue weighted by atomic mass is 35.5. The first-order valence-electron chi connectivity index (χ1n) is 6.07. The molecule has 102 valence electrons. The number of amides is 3. The average molecular weight is 281 g/mol. The number of nitrogens with zero attached hydrogens (tertiary/aromatic N) is 2. The van der Waals surface area contributed by atoms with E-state index in [0.717, 1.165) is 11.1 Å². The lowest BCUT2D eigenvalue weighted by atomic mass is 10.0. The van der Waals surface area contributed by atoms with Gasteiger partial charge < -0.3 is 4.90 Å².